The third-order valence-electron chi connectivity index (χ3n) is 4.07. The van der Waals surface area contributed by atoms with E-state index in [1.807, 2.05) is 12.4 Å². The molecule has 2 unspecified atom stereocenters. The summed E-state index contributed by atoms with van der Waals surface area (Å²) in [4.78, 5) is 11.6. The largest absolute Gasteiger partial charge is 0.352 e. The second kappa shape index (κ2) is 4.84. The van der Waals surface area contributed by atoms with Gasteiger partial charge in [-0.1, -0.05) is 13.8 Å². The molecule has 2 heterocycles. The average Bonchev–Trinajstić information content (AvgIpc) is 2.99. The van der Waals surface area contributed by atoms with Gasteiger partial charge in [0.1, 0.15) is 5.82 Å². The molecule has 1 saturated carbocycles. The molecule has 1 aliphatic heterocycles. The van der Waals surface area contributed by atoms with Gasteiger partial charge in [-0.15, -0.1) is 0 Å². The van der Waals surface area contributed by atoms with Crippen LogP contribution in [-0.4, -0.2) is 28.6 Å². The maximum atomic E-state index is 4.75. The molecule has 98 valence electrons. The molecule has 0 aromatic carbocycles. The van der Waals surface area contributed by atoms with Crippen LogP contribution >= 0.6 is 0 Å². The summed E-state index contributed by atoms with van der Waals surface area (Å²) in [5.74, 6) is 1.97. The molecule has 0 spiro atoms. The lowest BCUT2D eigenvalue weighted by molar-refractivity contribution is 0.546. The maximum Gasteiger partial charge on any atom is 0.147 e. The maximum absolute atomic E-state index is 4.75. The number of aromatic nitrogens is 2. The number of nitrogens with one attached hydrogen (secondary N) is 1. The highest BCUT2D eigenvalue weighted by Gasteiger charge is 2.38. The Labute approximate surface area is 109 Å². The van der Waals surface area contributed by atoms with Gasteiger partial charge in [-0.05, 0) is 25.2 Å². The molecular weight excluding hydrogens is 224 g/mol. The highest BCUT2D eigenvalue weighted by molar-refractivity contribution is 5.40. The second-order valence-electron chi connectivity index (χ2n) is 5.89. The van der Waals surface area contributed by atoms with E-state index in [1.54, 1.807) is 0 Å². The molecule has 0 radical (unpaired) electrons. The molecule has 0 amide bonds. The van der Waals surface area contributed by atoms with Crippen LogP contribution in [0.2, 0.25) is 0 Å². The van der Waals surface area contributed by atoms with Crippen molar-refractivity contribution in [2.45, 2.75) is 51.7 Å². The van der Waals surface area contributed by atoms with Crippen molar-refractivity contribution in [1.29, 1.82) is 0 Å². The number of nitrogens with zero attached hydrogens (tertiary/aromatic N) is 3. The summed E-state index contributed by atoms with van der Waals surface area (Å²) < 4.78 is 0. The molecule has 4 nitrogen and oxygen atoms in total. The molecule has 2 aliphatic rings. The lowest BCUT2D eigenvalue weighted by Crippen LogP contribution is -2.33. The Morgan fingerprint density at radius 2 is 2.28 bits per heavy atom. The van der Waals surface area contributed by atoms with Crippen LogP contribution in [0.3, 0.4) is 0 Å². The molecule has 2 bridgehead atoms. The first kappa shape index (κ1) is 11.9. The van der Waals surface area contributed by atoms with E-state index in [9.17, 15) is 0 Å². The minimum atomic E-state index is 0.484. The van der Waals surface area contributed by atoms with Gasteiger partial charge in [-0.25, -0.2) is 4.98 Å². The van der Waals surface area contributed by atoms with Gasteiger partial charge in [0.05, 0.1) is 11.9 Å². The first-order valence-electron chi connectivity index (χ1n) is 7.03. The molecular formula is C14H22N4. The summed E-state index contributed by atoms with van der Waals surface area (Å²) in [7, 11) is 0. The molecule has 1 aromatic heterocycles. The third kappa shape index (κ3) is 2.34. The van der Waals surface area contributed by atoms with E-state index < -0.39 is 0 Å². The van der Waals surface area contributed by atoms with E-state index in [4.69, 9.17) is 4.98 Å². The van der Waals surface area contributed by atoms with Crippen LogP contribution < -0.4 is 10.2 Å². The van der Waals surface area contributed by atoms with E-state index >= 15 is 0 Å². The van der Waals surface area contributed by atoms with Gasteiger partial charge in [-0.2, -0.15) is 0 Å². The summed E-state index contributed by atoms with van der Waals surface area (Å²) in [6.07, 6.45) is 7.88. The Morgan fingerprint density at radius 3 is 2.94 bits per heavy atom. The Kier molecular flexibility index (Phi) is 3.20. The van der Waals surface area contributed by atoms with Crippen LogP contribution in [-0.2, 0) is 6.54 Å². The molecule has 18 heavy (non-hydrogen) atoms. The minimum Gasteiger partial charge on any atom is -0.352 e. The van der Waals surface area contributed by atoms with E-state index in [1.165, 1.54) is 25.8 Å². The number of hydrogen-bond donors (Lipinski definition) is 1. The van der Waals surface area contributed by atoms with Gasteiger partial charge in [0, 0.05) is 31.4 Å². The Hall–Kier alpha value is -1.16. The number of rotatable bonds is 4. The second-order valence-corrected chi connectivity index (χ2v) is 5.89. The summed E-state index contributed by atoms with van der Waals surface area (Å²) in [6.45, 7) is 6.29. The number of anilines is 1. The van der Waals surface area contributed by atoms with Gasteiger partial charge in [0.25, 0.3) is 0 Å². The van der Waals surface area contributed by atoms with Gasteiger partial charge >= 0.3 is 0 Å². The highest BCUT2D eigenvalue weighted by Crippen LogP contribution is 2.39. The third-order valence-corrected chi connectivity index (χ3v) is 4.07. The van der Waals surface area contributed by atoms with Crippen molar-refractivity contribution < 1.29 is 0 Å². The summed E-state index contributed by atoms with van der Waals surface area (Å²) in [5, 5.41) is 3.39. The van der Waals surface area contributed by atoms with E-state index in [0.717, 1.165) is 30.0 Å². The van der Waals surface area contributed by atoms with Gasteiger partial charge in [-0.3, -0.25) is 4.98 Å². The van der Waals surface area contributed by atoms with Crippen LogP contribution in [0.5, 0.6) is 0 Å². The van der Waals surface area contributed by atoms with Crippen molar-refractivity contribution in [3.63, 3.8) is 0 Å². The molecule has 2 fully saturated rings. The molecule has 4 heteroatoms. The van der Waals surface area contributed by atoms with Crippen LogP contribution in [0, 0.1) is 5.92 Å². The molecule has 1 saturated heterocycles. The van der Waals surface area contributed by atoms with Gasteiger partial charge in [0.2, 0.25) is 0 Å². The summed E-state index contributed by atoms with van der Waals surface area (Å²) >= 11 is 0. The lowest BCUT2D eigenvalue weighted by Gasteiger charge is -2.28. The summed E-state index contributed by atoms with van der Waals surface area (Å²) in [6, 6.07) is 1.20. The van der Waals surface area contributed by atoms with Gasteiger partial charge < -0.3 is 10.2 Å². The zero-order valence-electron chi connectivity index (χ0n) is 11.3. The van der Waals surface area contributed by atoms with Crippen LogP contribution in [0.1, 0.15) is 38.8 Å². The van der Waals surface area contributed by atoms with Crippen LogP contribution in [0.25, 0.3) is 0 Å². The fraction of sp³-hybridized carbons (Fsp3) is 0.714. The molecule has 1 N–H and O–H groups in total. The Bertz CT molecular complexity index is 418. The first-order valence-corrected chi connectivity index (χ1v) is 7.03. The van der Waals surface area contributed by atoms with Crippen LogP contribution in [0.15, 0.2) is 12.4 Å². The quantitative estimate of drug-likeness (QED) is 0.882. The molecule has 1 aromatic rings. The first-order chi connectivity index (χ1) is 8.72. The van der Waals surface area contributed by atoms with E-state index in [2.05, 4.69) is 29.0 Å². The number of hydrogen-bond acceptors (Lipinski definition) is 4. The minimum absolute atomic E-state index is 0.484. The fourth-order valence-electron chi connectivity index (χ4n) is 3.13. The SMILES string of the molecule is CC(C)NCc1cncc(N2CC3CCC2C3)n1. The van der Waals surface area contributed by atoms with Gasteiger partial charge in [0.15, 0.2) is 0 Å². The standard InChI is InChI=1S/C14H22N4/c1-10(2)16-7-12-6-15-8-14(17-12)18-9-11-3-4-13(18)5-11/h6,8,10-11,13,16H,3-5,7,9H2,1-2H3. The normalized spacial score (nSPS) is 26.3. The zero-order valence-corrected chi connectivity index (χ0v) is 11.3. The van der Waals surface area contributed by atoms with E-state index in [0.29, 0.717) is 6.04 Å². The lowest BCUT2D eigenvalue weighted by atomic mass is 10.1. The van der Waals surface area contributed by atoms with Crippen molar-refractivity contribution in [2.75, 3.05) is 11.4 Å². The van der Waals surface area contributed by atoms with Crippen molar-refractivity contribution in [3.8, 4) is 0 Å². The molecule has 1 aliphatic carbocycles. The number of piperidine rings is 1. The zero-order chi connectivity index (χ0) is 12.5. The Balaban J connectivity index is 1.71. The van der Waals surface area contributed by atoms with Crippen LogP contribution in [0.4, 0.5) is 5.82 Å². The average molecular weight is 246 g/mol. The molecule has 2 atom stereocenters. The molecule has 3 rings (SSSR count). The van der Waals surface area contributed by atoms with E-state index in [-0.39, 0.29) is 0 Å². The van der Waals surface area contributed by atoms with Crippen molar-refractivity contribution in [2.24, 2.45) is 5.92 Å². The Morgan fingerprint density at radius 1 is 1.39 bits per heavy atom. The fourth-order valence-corrected chi connectivity index (χ4v) is 3.13. The smallest absolute Gasteiger partial charge is 0.147 e. The summed E-state index contributed by atoms with van der Waals surface area (Å²) in [5.41, 5.74) is 1.05. The monoisotopic (exact) mass is 246 g/mol. The topological polar surface area (TPSA) is 41.1 Å². The number of fused-ring (bicyclic) bond motifs is 2. The van der Waals surface area contributed by atoms with Crippen molar-refractivity contribution in [3.05, 3.63) is 18.1 Å². The predicted molar refractivity (Wildman–Crippen MR) is 72.5 cm³/mol. The van der Waals surface area contributed by atoms with Crippen molar-refractivity contribution in [1.82, 2.24) is 15.3 Å². The predicted octanol–water partition coefficient (Wildman–Crippen LogP) is 1.96. The van der Waals surface area contributed by atoms with Crippen molar-refractivity contribution >= 4 is 5.82 Å². The highest BCUT2D eigenvalue weighted by atomic mass is 15.3.